The maximum Gasteiger partial charge on any atom is 0.266 e. The number of benzene rings is 4. The standard InChI is InChI=1S/C31H26N2O5/c1-36-26-14-8-13-24(19-26)32-30(34)27-28(33(38-29(27)31(32)35)23-11-6-3-7-12-23)22-15-17-25(18-16-22)37-20-21-9-4-2-5-10-21/h2-19,27-29H,20H2,1H3/t27-,28-,29-/m0/s1. The number of carbonyl (C=O) groups excluding carboxylic acids is 2. The van der Waals surface area contributed by atoms with Gasteiger partial charge in [-0.25, -0.2) is 9.96 Å². The van der Waals surface area contributed by atoms with Crippen LogP contribution < -0.4 is 19.4 Å². The van der Waals surface area contributed by atoms with Gasteiger partial charge in [-0.3, -0.25) is 14.4 Å². The normalized spacial score (nSPS) is 20.5. The number of para-hydroxylation sites is 1. The molecule has 0 aromatic heterocycles. The second kappa shape index (κ2) is 10.0. The van der Waals surface area contributed by atoms with E-state index in [1.807, 2.05) is 84.9 Å². The highest BCUT2D eigenvalue weighted by Crippen LogP contribution is 2.48. The van der Waals surface area contributed by atoms with Crippen LogP contribution in [0.4, 0.5) is 11.4 Å². The second-order valence-electron chi connectivity index (χ2n) is 9.21. The van der Waals surface area contributed by atoms with Gasteiger partial charge in [0.15, 0.2) is 6.10 Å². The van der Waals surface area contributed by atoms with Crippen molar-refractivity contribution in [1.29, 1.82) is 0 Å². The Kier molecular flexibility index (Phi) is 6.27. The summed E-state index contributed by atoms with van der Waals surface area (Å²) in [4.78, 5) is 34.8. The third kappa shape index (κ3) is 4.27. The van der Waals surface area contributed by atoms with Crippen molar-refractivity contribution in [2.75, 3.05) is 17.1 Å². The molecule has 2 aliphatic rings. The number of hydroxylamine groups is 1. The van der Waals surface area contributed by atoms with Crippen LogP contribution in [0.15, 0.2) is 109 Å². The molecule has 0 N–H and O–H groups in total. The highest BCUT2D eigenvalue weighted by molar-refractivity contribution is 6.24. The van der Waals surface area contributed by atoms with Crippen molar-refractivity contribution in [3.8, 4) is 11.5 Å². The predicted molar refractivity (Wildman–Crippen MR) is 143 cm³/mol. The zero-order chi connectivity index (χ0) is 26.1. The number of hydrogen-bond donors (Lipinski definition) is 0. The van der Waals surface area contributed by atoms with Crippen LogP contribution in [-0.4, -0.2) is 25.0 Å². The molecule has 7 heteroatoms. The Balaban J connectivity index is 1.31. The van der Waals surface area contributed by atoms with E-state index < -0.39 is 18.1 Å². The van der Waals surface area contributed by atoms with Crippen LogP contribution in [-0.2, 0) is 21.0 Å². The van der Waals surface area contributed by atoms with Crippen molar-refractivity contribution in [3.63, 3.8) is 0 Å². The average molecular weight is 507 g/mol. The van der Waals surface area contributed by atoms with Crippen molar-refractivity contribution in [2.24, 2.45) is 5.92 Å². The fourth-order valence-corrected chi connectivity index (χ4v) is 5.06. The number of methoxy groups -OCH3 is 1. The van der Waals surface area contributed by atoms with E-state index >= 15 is 0 Å². The van der Waals surface area contributed by atoms with Gasteiger partial charge in [-0.15, -0.1) is 0 Å². The van der Waals surface area contributed by atoms with Crippen LogP contribution in [0.25, 0.3) is 0 Å². The lowest BCUT2D eigenvalue weighted by Gasteiger charge is -2.29. The van der Waals surface area contributed by atoms with E-state index in [9.17, 15) is 9.59 Å². The van der Waals surface area contributed by atoms with Gasteiger partial charge in [-0.05, 0) is 47.5 Å². The third-order valence-electron chi connectivity index (χ3n) is 6.91. The lowest BCUT2D eigenvalue weighted by molar-refractivity contribution is -0.126. The van der Waals surface area contributed by atoms with Crippen molar-refractivity contribution in [3.05, 3.63) is 120 Å². The Bertz CT molecular complexity index is 1440. The smallest absolute Gasteiger partial charge is 0.266 e. The minimum Gasteiger partial charge on any atom is -0.497 e. The maximum absolute atomic E-state index is 13.8. The number of fused-ring (bicyclic) bond motifs is 1. The molecular weight excluding hydrogens is 480 g/mol. The number of imide groups is 1. The minimum atomic E-state index is -0.937. The fraction of sp³-hybridized carbons (Fsp3) is 0.161. The van der Waals surface area contributed by atoms with Gasteiger partial charge in [0, 0.05) is 6.07 Å². The zero-order valence-corrected chi connectivity index (χ0v) is 20.8. The van der Waals surface area contributed by atoms with Crippen LogP contribution in [0.5, 0.6) is 11.5 Å². The lowest BCUT2D eigenvalue weighted by atomic mass is 9.90. The van der Waals surface area contributed by atoms with Crippen molar-refractivity contribution in [2.45, 2.75) is 18.8 Å². The highest BCUT2D eigenvalue weighted by atomic mass is 16.7. The summed E-state index contributed by atoms with van der Waals surface area (Å²) in [5.41, 5.74) is 3.16. The van der Waals surface area contributed by atoms with Gasteiger partial charge in [-0.1, -0.05) is 66.7 Å². The molecule has 7 nitrogen and oxygen atoms in total. The number of ether oxygens (including phenoxy) is 2. The molecule has 3 atom stereocenters. The molecule has 0 aliphatic carbocycles. The molecule has 2 amide bonds. The molecule has 0 spiro atoms. The molecule has 2 aliphatic heterocycles. The van der Waals surface area contributed by atoms with E-state index in [4.69, 9.17) is 14.3 Å². The Morgan fingerprint density at radius 1 is 0.737 bits per heavy atom. The van der Waals surface area contributed by atoms with E-state index in [0.29, 0.717) is 23.8 Å². The Morgan fingerprint density at radius 3 is 2.13 bits per heavy atom. The molecule has 0 bridgehead atoms. The van der Waals surface area contributed by atoms with Gasteiger partial charge in [0.05, 0.1) is 24.5 Å². The largest absolute Gasteiger partial charge is 0.497 e. The minimum absolute atomic E-state index is 0.305. The molecule has 0 saturated carbocycles. The molecule has 2 fully saturated rings. The van der Waals surface area contributed by atoms with E-state index in [1.54, 1.807) is 36.4 Å². The van der Waals surface area contributed by atoms with Gasteiger partial charge in [0.25, 0.3) is 5.91 Å². The fourth-order valence-electron chi connectivity index (χ4n) is 5.06. The third-order valence-corrected chi connectivity index (χ3v) is 6.91. The first-order valence-electron chi connectivity index (χ1n) is 12.4. The van der Waals surface area contributed by atoms with Crippen LogP contribution in [0, 0.1) is 5.92 Å². The topological polar surface area (TPSA) is 68.3 Å². The summed E-state index contributed by atoms with van der Waals surface area (Å²) in [6.45, 7) is 0.454. The van der Waals surface area contributed by atoms with Crippen LogP contribution in [0.2, 0.25) is 0 Å². The SMILES string of the molecule is COc1cccc(N2C(=O)[C@@H]3[C@H](ON(c4ccccc4)[C@H]3c3ccc(OCc4ccccc4)cc3)C2=O)c1. The van der Waals surface area contributed by atoms with E-state index in [0.717, 1.165) is 16.8 Å². The molecule has 6 rings (SSSR count). The number of nitrogens with zero attached hydrogens (tertiary/aromatic N) is 2. The molecule has 4 aromatic carbocycles. The van der Waals surface area contributed by atoms with Gasteiger partial charge >= 0.3 is 0 Å². The highest BCUT2D eigenvalue weighted by Gasteiger charge is 2.60. The van der Waals surface area contributed by atoms with Gasteiger partial charge in [0.2, 0.25) is 5.91 Å². The summed E-state index contributed by atoms with van der Waals surface area (Å²) in [5.74, 6) is -0.133. The van der Waals surface area contributed by atoms with Gasteiger partial charge in [0.1, 0.15) is 24.0 Å². The van der Waals surface area contributed by atoms with Crippen LogP contribution >= 0.6 is 0 Å². The molecule has 0 unspecified atom stereocenters. The Labute approximate surface area is 220 Å². The van der Waals surface area contributed by atoms with Crippen LogP contribution in [0.1, 0.15) is 17.2 Å². The quantitative estimate of drug-likeness (QED) is 0.316. The maximum atomic E-state index is 13.8. The summed E-state index contributed by atoms with van der Waals surface area (Å²) in [5, 5.41) is 1.69. The molecule has 190 valence electrons. The Hall–Kier alpha value is -4.62. The number of carbonyl (C=O) groups is 2. The molecule has 0 radical (unpaired) electrons. The lowest BCUT2D eigenvalue weighted by Crippen LogP contribution is -2.37. The zero-order valence-electron chi connectivity index (χ0n) is 20.8. The number of anilines is 2. The van der Waals surface area contributed by atoms with E-state index in [-0.39, 0.29) is 11.8 Å². The number of amides is 2. The van der Waals surface area contributed by atoms with Crippen molar-refractivity contribution >= 4 is 23.2 Å². The number of hydrogen-bond acceptors (Lipinski definition) is 6. The first kappa shape index (κ1) is 23.8. The van der Waals surface area contributed by atoms with Crippen molar-refractivity contribution in [1.82, 2.24) is 0 Å². The van der Waals surface area contributed by atoms with Crippen LogP contribution in [0.3, 0.4) is 0 Å². The first-order valence-corrected chi connectivity index (χ1v) is 12.4. The summed E-state index contributed by atoms with van der Waals surface area (Å²) >= 11 is 0. The first-order chi connectivity index (χ1) is 18.6. The summed E-state index contributed by atoms with van der Waals surface area (Å²) in [6, 6.07) is 33.5. The monoisotopic (exact) mass is 506 g/mol. The molecule has 2 saturated heterocycles. The average Bonchev–Trinajstić information content (AvgIpc) is 3.48. The van der Waals surface area contributed by atoms with Gasteiger partial charge < -0.3 is 9.47 Å². The van der Waals surface area contributed by atoms with Crippen molar-refractivity contribution < 1.29 is 23.9 Å². The van der Waals surface area contributed by atoms with E-state index in [1.165, 1.54) is 4.90 Å². The molecule has 4 aromatic rings. The summed E-state index contributed by atoms with van der Waals surface area (Å²) in [7, 11) is 1.55. The predicted octanol–water partition coefficient (Wildman–Crippen LogP) is 5.33. The van der Waals surface area contributed by atoms with E-state index in [2.05, 4.69) is 0 Å². The molecular formula is C31H26N2O5. The summed E-state index contributed by atoms with van der Waals surface area (Å²) < 4.78 is 11.3. The van der Waals surface area contributed by atoms with Gasteiger partial charge in [-0.2, -0.15) is 0 Å². The molecule has 2 heterocycles. The molecule has 38 heavy (non-hydrogen) atoms. The summed E-state index contributed by atoms with van der Waals surface area (Å²) in [6.07, 6.45) is -0.937. The number of rotatable bonds is 7. The second-order valence-corrected chi connectivity index (χ2v) is 9.21. The Morgan fingerprint density at radius 2 is 1.42 bits per heavy atom.